The van der Waals surface area contributed by atoms with E-state index in [9.17, 15) is 0 Å². The molecule has 0 aromatic heterocycles. The second kappa shape index (κ2) is 6.55. The molecular formula is C18H36N2O. The lowest BCUT2D eigenvalue weighted by molar-refractivity contribution is -0.0930. The molecule has 0 aromatic carbocycles. The van der Waals surface area contributed by atoms with Gasteiger partial charge in [-0.2, -0.15) is 0 Å². The first-order valence-corrected chi connectivity index (χ1v) is 8.83. The van der Waals surface area contributed by atoms with Crippen molar-refractivity contribution in [1.29, 1.82) is 0 Å². The molecule has 1 heterocycles. The van der Waals surface area contributed by atoms with Crippen molar-refractivity contribution in [2.24, 2.45) is 11.3 Å². The van der Waals surface area contributed by atoms with Crippen molar-refractivity contribution in [2.75, 3.05) is 26.8 Å². The Morgan fingerprint density at radius 3 is 2.57 bits per heavy atom. The second-order valence-corrected chi connectivity index (χ2v) is 8.37. The molecule has 1 N–H and O–H groups in total. The Labute approximate surface area is 131 Å². The molecule has 0 bridgehead atoms. The maximum Gasteiger partial charge on any atom is 0.0645 e. The molecule has 3 atom stereocenters. The lowest BCUT2D eigenvalue weighted by Gasteiger charge is -2.53. The molecule has 124 valence electrons. The van der Waals surface area contributed by atoms with Gasteiger partial charge in [-0.25, -0.2) is 0 Å². The quantitative estimate of drug-likeness (QED) is 0.861. The van der Waals surface area contributed by atoms with Crippen LogP contribution in [-0.4, -0.2) is 49.3 Å². The molecule has 3 heteroatoms. The number of morpholine rings is 1. The van der Waals surface area contributed by atoms with Crippen LogP contribution in [0.1, 0.15) is 60.3 Å². The molecule has 1 aliphatic heterocycles. The van der Waals surface area contributed by atoms with Gasteiger partial charge in [0.2, 0.25) is 0 Å². The summed E-state index contributed by atoms with van der Waals surface area (Å²) in [5.74, 6) is 0.843. The van der Waals surface area contributed by atoms with Crippen molar-refractivity contribution in [3.05, 3.63) is 0 Å². The Morgan fingerprint density at radius 1 is 1.29 bits per heavy atom. The van der Waals surface area contributed by atoms with Gasteiger partial charge in [-0.05, 0) is 51.5 Å². The number of nitrogens with one attached hydrogen (secondary N) is 1. The van der Waals surface area contributed by atoms with Gasteiger partial charge in [0.05, 0.1) is 13.2 Å². The largest absolute Gasteiger partial charge is 0.378 e. The number of nitrogens with zero attached hydrogens (tertiary/aromatic N) is 1. The molecule has 3 nitrogen and oxygen atoms in total. The molecule has 0 amide bonds. The Bertz CT molecular complexity index is 340. The van der Waals surface area contributed by atoms with E-state index in [4.69, 9.17) is 4.74 Å². The van der Waals surface area contributed by atoms with Gasteiger partial charge in [0, 0.05) is 24.2 Å². The van der Waals surface area contributed by atoms with E-state index < -0.39 is 0 Å². The van der Waals surface area contributed by atoms with Crippen molar-refractivity contribution >= 4 is 0 Å². The molecule has 3 unspecified atom stereocenters. The summed E-state index contributed by atoms with van der Waals surface area (Å²) in [6.45, 7) is 14.8. The number of likely N-dealkylation sites (N-methyl/N-ethyl adjacent to an activating group) is 1. The summed E-state index contributed by atoms with van der Waals surface area (Å²) in [4.78, 5) is 2.73. The van der Waals surface area contributed by atoms with Crippen LogP contribution in [-0.2, 0) is 4.74 Å². The fourth-order valence-electron chi connectivity index (χ4n) is 4.31. The van der Waals surface area contributed by atoms with Crippen LogP contribution in [0.5, 0.6) is 0 Å². The summed E-state index contributed by atoms with van der Waals surface area (Å²) < 4.78 is 5.73. The molecule has 1 aliphatic carbocycles. The van der Waals surface area contributed by atoms with Crippen molar-refractivity contribution in [3.63, 3.8) is 0 Å². The molecule has 2 aliphatic rings. The Hall–Kier alpha value is -0.120. The normalized spacial score (nSPS) is 34.9. The summed E-state index contributed by atoms with van der Waals surface area (Å²) in [6, 6.07) is 1.28. The maximum atomic E-state index is 5.73. The SMILES string of the molecule is CCC(C)(C)C1CCC(NC)C(N2CCOCC2(C)C)C1. The average Bonchev–Trinajstić information content (AvgIpc) is 2.46. The minimum absolute atomic E-state index is 0.163. The van der Waals surface area contributed by atoms with Crippen LogP contribution in [0.4, 0.5) is 0 Å². The van der Waals surface area contributed by atoms with E-state index in [-0.39, 0.29) is 5.54 Å². The van der Waals surface area contributed by atoms with E-state index in [1.807, 2.05) is 0 Å². The van der Waals surface area contributed by atoms with Crippen LogP contribution in [0, 0.1) is 11.3 Å². The van der Waals surface area contributed by atoms with E-state index >= 15 is 0 Å². The molecular weight excluding hydrogens is 260 g/mol. The highest BCUT2D eigenvalue weighted by Crippen LogP contribution is 2.43. The minimum atomic E-state index is 0.163. The van der Waals surface area contributed by atoms with Crippen LogP contribution in [0.25, 0.3) is 0 Å². The summed E-state index contributed by atoms with van der Waals surface area (Å²) in [6.07, 6.45) is 5.28. The zero-order valence-electron chi connectivity index (χ0n) is 15.0. The molecule has 2 rings (SSSR count). The first kappa shape index (κ1) is 17.2. The molecule has 0 spiro atoms. The Balaban J connectivity index is 2.16. The maximum absolute atomic E-state index is 5.73. The smallest absolute Gasteiger partial charge is 0.0645 e. The summed E-state index contributed by atoms with van der Waals surface area (Å²) in [5.41, 5.74) is 0.629. The summed E-state index contributed by atoms with van der Waals surface area (Å²) in [5, 5.41) is 3.60. The second-order valence-electron chi connectivity index (χ2n) is 8.37. The van der Waals surface area contributed by atoms with Crippen LogP contribution >= 0.6 is 0 Å². The highest BCUT2D eigenvalue weighted by Gasteiger charge is 2.43. The van der Waals surface area contributed by atoms with Gasteiger partial charge < -0.3 is 10.1 Å². The minimum Gasteiger partial charge on any atom is -0.378 e. The topological polar surface area (TPSA) is 24.5 Å². The molecule has 0 aromatic rings. The first-order chi connectivity index (χ1) is 9.81. The fraction of sp³-hybridized carbons (Fsp3) is 1.00. The van der Waals surface area contributed by atoms with E-state index in [0.717, 1.165) is 25.7 Å². The van der Waals surface area contributed by atoms with Gasteiger partial charge in [0.1, 0.15) is 0 Å². The number of hydrogen-bond donors (Lipinski definition) is 1. The third-order valence-electron chi connectivity index (χ3n) is 6.31. The van der Waals surface area contributed by atoms with Crippen LogP contribution in [0.2, 0.25) is 0 Å². The Kier molecular flexibility index (Phi) is 5.38. The van der Waals surface area contributed by atoms with Crippen molar-refractivity contribution in [2.45, 2.75) is 77.9 Å². The molecule has 1 saturated heterocycles. The number of ether oxygens (including phenoxy) is 1. The third kappa shape index (κ3) is 3.62. The number of rotatable bonds is 4. The fourth-order valence-corrected chi connectivity index (χ4v) is 4.31. The van der Waals surface area contributed by atoms with Crippen molar-refractivity contribution < 1.29 is 4.74 Å². The predicted octanol–water partition coefficient (Wildman–Crippen LogP) is 3.29. The predicted molar refractivity (Wildman–Crippen MR) is 89.7 cm³/mol. The average molecular weight is 296 g/mol. The molecule has 21 heavy (non-hydrogen) atoms. The zero-order chi connectivity index (χ0) is 15.7. The Morgan fingerprint density at radius 2 is 2.00 bits per heavy atom. The van der Waals surface area contributed by atoms with Crippen LogP contribution in [0.3, 0.4) is 0 Å². The van der Waals surface area contributed by atoms with E-state index in [1.165, 1.54) is 25.7 Å². The lowest BCUT2D eigenvalue weighted by atomic mass is 9.66. The third-order valence-corrected chi connectivity index (χ3v) is 6.31. The van der Waals surface area contributed by atoms with Gasteiger partial charge in [0.15, 0.2) is 0 Å². The van der Waals surface area contributed by atoms with E-state index in [1.54, 1.807) is 0 Å². The summed E-state index contributed by atoms with van der Waals surface area (Å²) in [7, 11) is 2.14. The standard InChI is InChI=1S/C18H36N2O/c1-7-17(2,3)14-8-9-15(19-6)16(12-14)20-10-11-21-13-18(20,4)5/h14-16,19H,7-13H2,1-6H3. The van der Waals surface area contributed by atoms with Gasteiger partial charge in [-0.1, -0.05) is 27.2 Å². The van der Waals surface area contributed by atoms with Gasteiger partial charge in [0.25, 0.3) is 0 Å². The summed E-state index contributed by atoms with van der Waals surface area (Å²) >= 11 is 0. The highest BCUT2D eigenvalue weighted by atomic mass is 16.5. The van der Waals surface area contributed by atoms with Crippen molar-refractivity contribution in [1.82, 2.24) is 10.2 Å². The van der Waals surface area contributed by atoms with Crippen LogP contribution < -0.4 is 5.32 Å². The van der Waals surface area contributed by atoms with Crippen molar-refractivity contribution in [3.8, 4) is 0 Å². The molecule has 1 saturated carbocycles. The number of hydrogen-bond acceptors (Lipinski definition) is 3. The monoisotopic (exact) mass is 296 g/mol. The van der Waals surface area contributed by atoms with Crippen LogP contribution in [0.15, 0.2) is 0 Å². The van der Waals surface area contributed by atoms with E-state index in [2.05, 4.69) is 51.9 Å². The van der Waals surface area contributed by atoms with Gasteiger partial charge in [-0.15, -0.1) is 0 Å². The molecule has 0 radical (unpaired) electrons. The van der Waals surface area contributed by atoms with Gasteiger partial charge >= 0.3 is 0 Å². The van der Waals surface area contributed by atoms with Gasteiger partial charge in [-0.3, -0.25) is 4.90 Å². The van der Waals surface area contributed by atoms with E-state index in [0.29, 0.717) is 17.5 Å². The lowest BCUT2D eigenvalue weighted by Crippen LogP contribution is -2.63. The highest BCUT2D eigenvalue weighted by molar-refractivity contribution is 4.99. The molecule has 2 fully saturated rings. The zero-order valence-corrected chi connectivity index (χ0v) is 15.0. The first-order valence-electron chi connectivity index (χ1n) is 8.83.